The second-order valence-electron chi connectivity index (χ2n) is 3.56. The summed E-state index contributed by atoms with van der Waals surface area (Å²) in [4.78, 5) is 7.38. The van der Waals surface area contributed by atoms with Crippen molar-refractivity contribution in [3.63, 3.8) is 0 Å². The molecule has 17 heavy (non-hydrogen) atoms. The summed E-state index contributed by atoms with van der Waals surface area (Å²) in [7, 11) is -3.57. The molecular weight excluding hydrogens is 287 g/mol. The highest BCUT2D eigenvalue weighted by molar-refractivity contribution is 7.90. The van der Waals surface area contributed by atoms with Crippen LogP contribution in [-0.2, 0) is 10.2 Å². The summed E-state index contributed by atoms with van der Waals surface area (Å²) < 4.78 is 27.5. The number of halogens is 2. The zero-order chi connectivity index (χ0) is 12.5. The highest BCUT2D eigenvalue weighted by Crippen LogP contribution is 2.18. The van der Waals surface area contributed by atoms with Gasteiger partial charge in [-0.2, -0.15) is 17.7 Å². The fraction of sp³-hybridized carbons (Fsp3) is 0.500. The van der Waals surface area contributed by atoms with Gasteiger partial charge in [0.05, 0.1) is 0 Å². The average Bonchev–Trinajstić information content (AvgIpc) is 2.67. The third kappa shape index (κ3) is 3.19. The topological polar surface area (TPSA) is 75.2 Å². The number of anilines is 1. The van der Waals surface area contributed by atoms with Crippen LogP contribution in [0.2, 0.25) is 10.4 Å². The third-order valence-electron chi connectivity index (χ3n) is 2.31. The van der Waals surface area contributed by atoms with Gasteiger partial charge in [0, 0.05) is 19.2 Å². The first-order valence-corrected chi connectivity index (χ1v) is 7.15. The van der Waals surface area contributed by atoms with E-state index in [2.05, 4.69) is 14.7 Å². The van der Waals surface area contributed by atoms with Gasteiger partial charge in [-0.25, -0.2) is 4.98 Å². The molecular formula is C8H10Cl2N4O2S. The molecule has 1 aliphatic rings. The van der Waals surface area contributed by atoms with Gasteiger partial charge >= 0.3 is 10.2 Å². The maximum absolute atomic E-state index is 11.9. The molecule has 0 atom stereocenters. The maximum Gasteiger partial charge on any atom is 0.302 e. The van der Waals surface area contributed by atoms with Gasteiger partial charge in [-0.05, 0) is 24.4 Å². The predicted molar refractivity (Wildman–Crippen MR) is 65.4 cm³/mol. The van der Waals surface area contributed by atoms with Gasteiger partial charge in [0.2, 0.25) is 5.28 Å². The van der Waals surface area contributed by atoms with Gasteiger partial charge in [0.15, 0.2) is 0 Å². The van der Waals surface area contributed by atoms with Crippen LogP contribution in [0.15, 0.2) is 6.07 Å². The maximum atomic E-state index is 11.9. The summed E-state index contributed by atoms with van der Waals surface area (Å²) in [5.41, 5.74) is 0. The Kier molecular flexibility index (Phi) is 3.72. The molecule has 2 rings (SSSR count). The number of rotatable bonds is 3. The van der Waals surface area contributed by atoms with E-state index in [1.165, 1.54) is 10.4 Å². The van der Waals surface area contributed by atoms with Crippen LogP contribution < -0.4 is 4.72 Å². The molecule has 6 nitrogen and oxygen atoms in total. The van der Waals surface area contributed by atoms with Crippen LogP contribution in [-0.4, -0.2) is 35.8 Å². The summed E-state index contributed by atoms with van der Waals surface area (Å²) in [6, 6.07) is 1.31. The van der Waals surface area contributed by atoms with E-state index in [4.69, 9.17) is 23.2 Å². The molecule has 0 aromatic carbocycles. The molecule has 1 aromatic heterocycles. The van der Waals surface area contributed by atoms with Crippen LogP contribution in [0.4, 0.5) is 5.82 Å². The molecule has 94 valence electrons. The van der Waals surface area contributed by atoms with Crippen molar-refractivity contribution in [1.82, 2.24) is 14.3 Å². The van der Waals surface area contributed by atoms with Crippen LogP contribution in [0.1, 0.15) is 12.8 Å². The molecule has 0 amide bonds. The molecule has 0 bridgehead atoms. The molecule has 1 saturated heterocycles. The van der Waals surface area contributed by atoms with E-state index in [1.807, 2.05) is 0 Å². The van der Waals surface area contributed by atoms with E-state index in [0.717, 1.165) is 12.8 Å². The molecule has 1 N–H and O–H groups in total. The van der Waals surface area contributed by atoms with Crippen molar-refractivity contribution < 1.29 is 8.42 Å². The minimum atomic E-state index is -3.57. The van der Waals surface area contributed by atoms with Gasteiger partial charge in [-0.3, -0.25) is 4.72 Å². The van der Waals surface area contributed by atoms with Crippen molar-refractivity contribution in [3.05, 3.63) is 16.5 Å². The van der Waals surface area contributed by atoms with Gasteiger partial charge in [0.25, 0.3) is 0 Å². The Balaban J connectivity index is 2.19. The SMILES string of the molecule is O=S(=O)(Nc1cc(Cl)nc(Cl)n1)N1CCCC1. The fourth-order valence-electron chi connectivity index (χ4n) is 1.57. The third-order valence-corrected chi connectivity index (χ3v) is 4.18. The van der Waals surface area contributed by atoms with E-state index in [1.54, 1.807) is 0 Å². The lowest BCUT2D eigenvalue weighted by molar-refractivity contribution is 0.482. The lowest BCUT2D eigenvalue weighted by Crippen LogP contribution is -2.33. The Hall–Kier alpha value is -0.630. The van der Waals surface area contributed by atoms with Gasteiger partial charge < -0.3 is 0 Å². The number of hydrogen-bond acceptors (Lipinski definition) is 4. The fourth-order valence-corrected chi connectivity index (χ4v) is 3.21. The highest BCUT2D eigenvalue weighted by atomic mass is 35.5. The van der Waals surface area contributed by atoms with Crippen molar-refractivity contribution in [2.75, 3.05) is 17.8 Å². The average molecular weight is 297 g/mol. The zero-order valence-corrected chi connectivity index (χ0v) is 11.1. The first-order valence-electron chi connectivity index (χ1n) is 4.95. The van der Waals surface area contributed by atoms with Crippen LogP contribution >= 0.6 is 23.2 Å². The Morgan fingerprint density at radius 3 is 2.47 bits per heavy atom. The summed E-state index contributed by atoms with van der Waals surface area (Å²) in [5, 5.41) is -0.0132. The summed E-state index contributed by atoms with van der Waals surface area (Å²) in [6.45, 7) is 1.03. The van der Waals surface area contributed by atoms with E-state index in [9.17, 15) is 8.42 Å². The Morgan fingerprint density at radius 1 is 1.24 bits per heavy atom. The van der Waals surface area contributed by atoms with E-state index < -0.39 is 10.2 Å². The second kappa shape index (κ2) is 4.93. The van der Waals surface area contributed by atoms with Crippen molar-refractivity contribution in [2.24, 2.45) is 0 Å². The number of aromatic nitrogens is 2. The van der Waals surface area contributed by atoms with E-state index >= 15 is 0 Å². The van der Waals surface area contributed by atoms with Gasteiger partial charge in [-0.1, -0.05) is 11.6 Å². The summed E-state index contributed by atoms with van der Waals surface area (Å²) >= 11 is 11.2. The lowest BCUT2D eigenvalue weighted by Gasteiger charge is -2.16. The molecule has 1 aromatic rings. The largest absolute Gasteiger partial charge is 0.302 e. The Labute approximate surface area is 109 Å². The normalized spacial score (nSPS) is 17.3. The Bertz CT molecular complexity index is 496. The number of nitrogens with one attached hydrogen (secondary N) is 1. The first-order chi connectivity index (χ1) is 7.97. The van der Waals surface area contributed by atoms with Crippen molar-refractivity contribution in [2.45, 2.75) is 12.8 Å². The standard InChI is InChI=1S/C8H10Cl2N4O2S/c9-6-5-7(12-8(10)11-6)13-17(15,16)14-3-1-2-4-14/h5H,1-4H2,(H,11,12,13). The monoisotopic (exact) mass is 296 g/mol. The number of hydrogen-bond donors (Lipinski definition) is 1. The van der Waals surface area contributed by atoms with Crippen molar-refractivity contribution >= 4 is 39.2 Å². The minimum Gasteiger partial charge on any atom is -0.254 e. The van der Waals surface area contributed by atoms with Crippen LogP contribution in [0.5, 0.6) is 0 Å². The van der Waals surface area contributed by atoms with Crippen LogP contribution in [0.25, 0.3) is 0 Å². The van der Waals surface area contributed by atoms with Gasteiger partial charge in [0.1, 0.15) is 11.0 Å². The van der Waals surface area contributed by atoms with Gasteiger partial charge in [-0.15, -0.1) is 0 Å². The molecule has 2 heterocycles. The van der Waals surface area contributed by atoms with Crippen molar-refractivity contribution in [1.29, 1.82) is 0 Å². The zero-order valence-electron chi connectivity index (χ0n) is 8.73. The van der Waals surface area contributed by atoms with Crippen LogP contribution in [0.3, 0.4) is 0 Å². The Morgan fingerprint density at radius 2 is 1.88 bits per heavy atom. The first kappa shape index (κ1) is 12.8. The number of nitrogens with zero attached hydrogens (tertiary/aromatic N) is 3. The lowest BCUT2D eigenvalue weighted by atomic mass is 10.4. The highest BCUT2D eigenvalue weighted by Gasteiger charge is 2.25. The summed E-state index contributed by atoms with van der Waals surface area (Å²) in [5.74, 6) is 0.0712. The van der Waals surface area contributed by atoms with Crippen LogP contribution in [0, 0.1) is 0 Å². The van der Waals surface area contributed by atoms with E-state index in [0.29, 0.717) is 13.1 Å². The summed E-state index contributed by atoms with van der Waals surface area (Å²) in [6.07, 6.45) is 1.73. The molecule has 0 unspecified atom stereocenters. The molecule has 1 aliphatic heterocycles. The molecule has 0 aliphatic carbocycles. The molecule has 0 spiro atoms. The second-order valence-corrected chi connectivity index (χ2v) is 5.95. The molecule has 0 saturated carbocycles. The molecule has 0 radical (unpaired) electrons. The molecule has 9 heteroatoms. The smallest absolute Gasteiger partial charge is 0.254 e. The minimum absolute atomic E-state index is 0.0712. The van der Waals surface area contributed by atoms with Crippen molar-refractivity contribution in [3.8, 4) is 0 Å². The predicted octanol–water partition coefficient (Wildman–Crippen LogP) is 1.54. The van der Waals surface area contributed by atoms with E-state index in [-0.39, 0.29) is 16.3 Å². The molecule has 1 fully saturated rings. The quantitative estimate of drug-likeness (QED) is 0.678.